The molecule has 1 spiro atoms. The van der Waals surface area contributed by atoms with Gasteiger partial charge in [0.05, 0.1) is 23.2 Å². The second kappa shape index (κ2) is 10.7. The molecule has 3 fully saturated rings. The van der Waals surface area contributed by atoms with Gasteiger partial charge in [-0.2, -0.15) is 0 Å². The monoisotopic (exact) mass is 545 g/mol. The maximum absolute atomic E-state index is 14.0. The molecule has 5 atom stereocenters. The van der Waals surface area contributed by atoms with E-state index < -0.39 is 28.2 Å². The van der Waals surface area contributed by atoms with Gasteiger partial charge in [0, 0.05) is 29.6 Å². The van der Waals surface area contributed by atoms with Crippen molar-refractivity contribution in [2.75, 3.05) is 25.1 Å². The number of hydrogen-bond acceptors (Lipinski definition) is 6. The van der Waals surface area contributed by atoms with Crippen LogP contribution >= 0.6 is 11.8 Å². The van der Waals surface area contributed by atoms with Crippen LogP contribution in [0.2, 0.25) is 0 Å². The summed E-state index contributed by atoms with van der Waals surface area (Å²) in [6, 6.07) is 6.57. The number of likely N-dealkylation sites (tertiary alicyclic amines) is 1. The molecule has 3 N–H and O–H groups in total. The number of amides is 3. The molecule has 3 aliphatic heterocycles. The molecule has 1 aromatic carbocycles. The summed E-state index contributed by atoms with van der Waals surface area (Å²) in [4.78, 5) is 43.1. The molecule has 0 saturated carbocycles. The molecule has 0 aliphatic carbocycles. The molecular weight excluding hydrogens is 502 g/mol. The number of thioether (sulfide) groups is 1. The van der Waals surface area contributed by atoms with Crippen LogP contribution in [0.1, 0.15) is 67.2 Å². The van der Waals surface area contributed by atoms with Gasteiger partial charge in [-0.3, -0.25) is 14.4 Å². The van der Waals surface area contributed by atoms with E-state index in [0.717, 1.165) is 25.0 Å². The van der Waals surface area contributed by atoms with E-state index in [1.165, 1.54) is 0 Å². The zero-order valence-corrected chi connectivity index (χ0v) is 24.3. The van der Waals surface area contributed by atoms with Gasteiger partial charge >= 0.3 is 0 Å². The van der Waals surface area contributed by atoms with Crippen LogP contribution in [0.4, 0.5) is 5.69 Å². The summed E-state index contributed by atoms with van der Waals surface area (Å²) >= 11 is 1.66. The Bertz CT molecular complexity index is 1050. The van der Waals surface area contributed by atoms with E-state index in [4.69, 9.17) is 4.74 Å². The molecule has 3 saturated heterocycles. The van der Waals surface area contributed by atoms with Crippen molar-refractivity contribution in [2.24, 2.45) is 17.3 Å². The second-order valence-electron chi connectivity index (χ2n) is 12.7. The Balaban J connectivity index is 1.59. The number of hydrogen-bond donors (Lipinski definition) is 3. The normalized spacial score (nSPS) is 28.4. The Morgan fingerprint density at radius 1 is 1.16 bits per heavy atom. The molecule has 0 radical (unpaired) electrons. The van der Waals surface area contributed by atoms with Crippen LogP contribution in [0, 0.1) is 17.3 Å². The lowest BCUT2D eigenvalue weighted by molar-refractivity contribution is -0.139. The molecule has 9 heteroatoms. The minimum absolute atomic E-state index is 0.00970. The number of carbonyl (C=O) groups excluding carboxylic acids is 3. The van der Waals surface area contributed by atoms with Gasteiger partial charge < -0.3 is 25.4 Å². The number of carbonyl (C=O) groups is 3. The predicted octanol–water partition coefficient (Wildman–Crippen LogP) is 3.83. The molecule has 210 valence electrons. The highest BCUT2D eigenvalue weighted by atomic mass is 32.2. The van der Waals surface area contributed by atoms with Gasteiger partial charge in [0.15, 0.2) is 0 Å². The third kappa shape index (κ3) is 5.55. The first-order valence-electron chi connectivity index (χ1n) is 13.8. The average molecular weight is 546 g/mol. The summed E-state index contributed by atoms with van der Waals surface area (Å²) in [6.07, 6.45) is 2.68. The van der Waals surface area contributed by atoms with E-state index in [1.54, 1.807) is 28.8 Å². The zero-order chi connectivity index (χ0) is 27.9. The molecule has 2 bridgehead atoms. The number of aliphatic hydroxyl groups is 1. The van der Waals surface area contributed by atoms with Crippen LogP contribution in [0.5, 0.6) is 5.75 Å². The van der Waals surface area contributed by atoms with Crippen LogP contribution in [-0.2, 0) is 14.4 Å². The first kappa shape index (κ1) is 28.7. The van der Waals surface area contributed by atoms with E-state index in [9.17, 15) is 19.5 Å². The molecule has 38 heavy (non-hydrogen) atoms. The van der Waals surface area contributed by atoms with Crippen LogP contribution in [0.15, 0.2) is 24.3 Å². The standard InChI is InChI=1S/C29H43N3O5S/c1-7-37-19-11-9-18(10-12-19)30-24(34)21-20-13-14-29(38-20)22(21)26(36)32(15-8-16-33)23(29)25(35)31-28(5,6)17-27(2,3)4/h9-12,20-23,33H,7-8,13-17H2,1-6H3,(H,30,34)(H,31,35)/t20-,21+,22-,23?,29?/m0/s1. The number of nitrogens with zero attached hydrogens (tertiary/aromatic N) is 1. The second-order valence-corrected chi connectivity index (χ2v) is 14.3. The number of ether oxygens (including phenoxy) is 1. The Morgan fingerprint density at radius 3 is 2.45 bits per heavy atom. The van der Waals surface area contributed by atoms with Gasteiger partial charge in [0.25, 0.3) is 0 Å². The SMILES string of the molecule is CCOc1ccc(NC(=O)[C@@H]2[C@@H]3CCC4(S3)C(C(=O)NC(C)(C)CC(C)(C)C)N(CCCO)C(=O)[C@H]24)cc1. The maximum atomic E-state index is 14.0. The molecule has 8 nitrogen and oxygen atoms in total. The lowest BCUT2D eigenvalue weighted by Crippen LogP contribution is -2.58. The topological polar surface area (TPSA) is 108 Å². The lowest BCUT2D eigenvalue weighted by Gasteiger charge is -2.38. The number of benzene rings is 1. The summed E-state index contributed by atoms with van der Waals surface area (Å²) in [5.74, 6) is -0.821. The fourth-order valence-electron chi connectivity index (χ4n) is 7.03. The first-order valence-corrected chi connectivity index (χ1v) is 14.6. The van der Waals surface area contributed by atoms with Crippen LogP contribution < -0.4 is 15.4 Å². The van der Waals surface area contributed by atoms with Gasteiger partial charge in [-0.25, -0.2) is 0 Å². The highest BCUT2D eigenvalue weighted by Gasteiger charge is 2.73. The Morgan fingerprint density at radius 2 is 1.84 bits per heavy atom. The lowest BCUT2D eigenvalue weighted by atomic mass is 9.70. The summed E-state index contributed by atoms with van der Waals surface area (Å²) in [5, 5.41) is 15.8. The number of anilines is 1. The van der Waals surface area contributed by atoms with Gasteiger partial charge in [0.1, 0.15) is 11.8 Å². The Labute approximate surface area is 230 Å². The number of nitrogens with one attached hydrogen (secondary N) is 2. The molecular formula is C29H43N3O5S. The van der Waals surface area contributed by atoms with Crippen molar-refractivity contribution in [3.63, 3.8) is 0 Å². The molecule has 3 amide bonds. The van der Waals surface area contributed by atoms with Gasteiger partial charge in [-0.05, 0) is 76.1 Å². The van der Waals surface area contributed by atoms with Crippen molar-refractivity contribution >= 4 is 35.2 Å². The van der Waals surface area contributed by atoms with E-state index in [1.807, 2.05) is 32.9 Å². The molecule has 1 aromatic rings. The Hall–Kier alpha value is -2.26. The summed E-state index contributed by atoms with van der Waals surface area (Å²) in [7, 11) is 0. The van der Waals surface area contributed by atoms with E-state index in [-0.39, 0.29) is 35.0 Å². The average Bonchev–Trinajstić information content (AvgIpc) is 3.44. The maximum Gasteiger partial charge on any atom is 0.244 e. The van der Waals surface area contributed by atoms with Crippen molar-refractivity contribution in [3.8, 4) is 5.75 Å². The molecule has 4 rings (SSSR count). The van der Waals surface area contributed by atoms with Crippen molar-refractivity contribution < 1.29 is 24.2 Å². The highest BCUT2D eigenvalue weighted by molar-refractivity contribution is 8.02. The number of fused-ring (bicyclic) bond motifs is 1. The summed E-state index contributed by atoms with van der Waals surface area (Å²) in [5.41, 5.74) is 0.215. The first-order chi connectivity index (χ1) is 17.8. The molecule has 3 aliphatic rings. The minimum atomic E-state index is -0.663. The zero-order valence-electron chi connectivity index (χ0n) is 23.5. The van der Waals surface area contributed by atoms with Crippen molar-refractivity contribution in [3.05, 3.63) is 24.3 Å². The van der Waals surface area contributed by atoms with E-state index in [0.29, 0.717) is 25.3 Å². The molecule has 0 aromatic heterocycles. The summed E-state index contributed by atoms with van der Waals surface area (Å²) < 4.78 is 4.85. The predicted molar refractivity (Wildman–Crippen MR) is 150 cm³/mol. The minimum Gasteiger partial charge on any atom is -0.494 e. The van der Waals surface area contributed by atoms with Crippen molar-refractivity contribution in [1.82, 2.24) is 10.2 Å². The smallest absolute Gasteiger partial charge is 0.244 e. The van der Waals surface area contributed by atoms with E-state index >= 15 is 0 Å². The van der Waals surface area contributed by atoms with Crippen molar-refractivity contribution in [2.45, 2.75) is 88.8 Å². The highest BCUT2D eigenvalue weighted by Crippen LogP contribution is 2.66. The van der Waals surface area contributed by atoms with Crippen LogP contribution in [0.3, 0.4) is 0 Å². The number of aliphatic hydroxyl groups excluding tert-OH is 1. The Kier molecular flexibility index (Phi) is 8.11. The summed E-state index contributed by atoms with van der Waals surface area (Å²) in [6.45, 7) is 13.2. The van der Waals surface area contributed by atoms with Crippen LogP contribution in [-0.4, -0.2) is 69.1 Å². The van der Waals surface area contributed by atoms with Gasteiger partial charge in [-0.15, -0.1) is 11.8 Å². The fourth-order valence-corrected chi connectivity index (χ4v) is 9.25. The largest absolute Gasteiger partial charge is 0.494 e. The van der Waals surface area contributed by atoms with Gasteiger partial charge in [0.2, 0.25) is 17.7 Å². The van der Waals surface area contributed by atoms with Crippen molar-refractivity contribution in [1.29, 1.82) is 0 Å². The quantitative estimate of drug-likeness (QED) is 0.413. The third-order valence-corrected chi connectivity index (χ3v) is 9.73. The fraction of sp³-hybridized carbons (Fsp3) is 0.690. The molecule has 3 heterocycles. The third-order valence-electron chi connectivity index (χ3n) is 7.78. The van der Waals surface area contributed by atoms with Gasteiger partial charge in [-0.1, -0.05) is 20.8 Å². The van der Waals surface area contributed by atoms with E-state index in [2.05, 4.69) is 31.4 Å². The number of rotatable bonds is 10. The molecule has 2 unspecified atom stereocenters. The van der Waals surface area contributed by atoms with Crippen LogP contribution in [0.25, 0.3) is 0 Å².